The summed E-state index contributed by atoms with van der Waals surface area (Å²) in [7, 11) is 1.68. The number of hydrogen-bond acceptors (Lipinski definition) is 4. The first kappa shape index (κ1) is 14.0. The van der Waals surface area contributed by atoms with Gasteiger partial charge in [-0.2, -0.15) is 5.26 Å². The third-order valence-corrected chi connectivity index (χ3v) is 2.88. The Labute approximate surface area is 121 Å². The van der Waals surface area contributed by atoms with Gasteiger partial charge in [0.25, 0.3) is 5.91 Å². The Kier molecular flexibility index (Phi) is 4.28. The molecule has 1 aromatic carbocycles. The Morgan fingerprint density at radius 1 is 1.30 bits per heavy atom. The highest BCUT2D eigenvalue weighted by Gasteiger charge is 2.13. The van der Waals surface area contributed by atoms with Crippen LogP contribution in [0.15, 0.2) is 36.7 Å². The number of hydrogen-bond donors (Lipinski definition) is 0. The SMILES string of the molecule is CN(Cc1ccc(C#N)cc1)C(=O)c1cnc(Cl)cn1. The molecule has 0 N–H and O–H groups in total. The zero-order valence-electron chi connectivity index (χ0n) is 10.7. The van der Waals surface area contributed by atoms with E-state index >= 15 is 0 Å². The minimum absolute atomic E-state index is 0.237. The number of benzene rings is 1. The highest BCUT2D eigenvalue weighted by atomic mass is 35.5. The van der Waals surface area contributed by atoms with Crippen molar-refractivity contribution in [2.45, 2.75) is 6.54 Å². The molecule has 6 heteroatoms. The molecule has 1 aromatic heterocycles. The summed E-state index contributed by atoms with van der Waals surface area (Å²) in [5.41, 5.74) is 1.76. The molecular weight excluding hydrogens is 276 g/mol. The second-order valence-corrected chi connectivity index (χ2v) is 4.58. The van der Waals surface area contributed by atoms with Crippen molar-refractivity contribution in [1.29, 1.82) is 5.26 Å². The van der Waals surface area contributed by atoms with E-state index in [0.29, 0.717) is 12.1 Å². The molecule has 0 radical (unpaired) electrons. The van der Waals surface area contributed by atoms with Gasteiger partial charge in [0, 0.05) is 13.6 Å². The molecule has 0 aliphatic carbocycles. The van der Waals surface area contributed by atoms with E-state index in [2.05, 4.69) is 16.0 Å². The average molecular weight is 287 g/mol. The quantitative estimate of drug-likeness (QED) is 0.868. The highest BCUT2D eigenvalue weighted by molar-refractivity contribution is 6.29. The molecular formula is C14H11ClN4O. The molecule has 20 heavy (non-hydrogen) atoms. The maximum Gasteiger partial charge on any atom is 0.274 e. The fourth-order valence-corrected chi connectivity index (χ4v) is 1.75. The van der Waals surface area contributed by atoms with Crippen LogP contribution in [-0.2, 0) is 6.54 Å². The summed E-state index contributed by atoms with van der Waals surface area (Å²) < 4.78 is 0. The second kappa shape index (κ2) is 6.13. The van der Waals surface area contributed by atoms with Crippen molar-refractivity contribution < 1.29 is 4.79 Å². The minimum Gasteiger partial charge on any atom is -0.336 e. The first-order valence-corrected chi connectivity index (χ1v) is 6.20. The molecule has 0 aliphatic rings. The Hall–Kier alpha value is -2.45. The number of halogens is 1. The van der Waals surface area contributed by atoms with Gasteiger partial charge in [0.1, 0.15) is 10.8 Å². The highest BCUT2D eigenvalue weighted by Crippen LogP contribution is 2.09. The van der Waals surface area contributed by atoms with Gasteiger partial charge in [-0.3, -0.25) is 4.79 Å². The summed E-state index contributed by atoms with van der Waals surface area (Å²) in [4.78, 5) is 21.4. The molecule has 0 bridgehead atoms. The summed E-state index contributed by atoms with van der Waals surface area (Å²) >= 11 is 5.63. The molecule has 0 fully saturated rings. The van der Waals surface area contributed by atoms with Crippen molar-refractivity contribution in [2.75, 3.05) is 7.05 Å². The van der Waals surface area contributed by atoms with Crippen molar-refractivity contribution in [2.24, 2.45) is 0 Å². The van der Waals surface area contributed by atoms with Crippen LogP contribution in [-0.4, -0.2) is 27.8 Å². The number of nitriles is 1. The minimum atomic E-state index is -0.237. The van der Waals surface area contributed by atoms with E-state index in [1.807, 2.05) is 12.1 Å². The monoisotopic (exact) mass is 286 g/mol. The summed E-state index contributed by atoms with van der Waals surface area (Å²) in [6.45, 7) is 0.425. The van der Waals surface area contributed by atoms with Gasteiger partial charge in [0.15, 0.2) is 0 Å². The Morgan fingerprint density at radius 3 is 2.55 bits per heavy atom. The summed E-state index contributed by atoms with van der Waals surface area (Å²) in [6.07, 6.45) is 2.68. The Bertz CT molecular complexity index is 646. The number of amides is 1. The topological polar surface area (TPSA) is 69.9 Å². The Balaban J connectivity index is 2.07. The van der Waals surface area contributed by atoms with Crippen LogP contribution in [0.4, 0.5) is 0 Å². The molecule has 0 saturated heterocycles. The average Bonchev–Trinajstić information content (AvgIpc) is 2.48. The Morgan fingerprint density at radius 2 is 2.00 bits per heavy atom. The lowest BCUT2D eigenvalue weighted by Gasteiger charge is -2.16. The smallest absolute Gasteiger partial charge is 0.274 e. The third kappa shape index (κ3) is 3.31. The lowest BCUT2D eigenvalue weighted by atomic mass is 10.1. The first-order valence-electron chi connectivity index (χ1n) is 5.82. The normalized spacial score (nSPS) is 9.85. The van der Waals surface area contributed by atoms with Gasteiger partial charge in [0.2, 0.25) is 0 Å². The molecule has 2 aromatic rings. The largest absolute Gasteiger partial charge is 0.336 e. The molecule has 0 saturated carbocycles. The van der Waals surface area contributed by atoms with E-state index in [-0.39, 0.29) is 16.8 Å². The molecule has 0 unspecified atom stereocenters. The molecule has 5 nitrogen and oxygen atoms in total. The summed E-state index contributed by atoms with van der Waals surface area (Å²) in [5.74, 6) is -0.237. The molecule has 0 spiro atoms. The van der Waals surface area contributed by atoms with Gasteiger partial charge in [-0.25, -0.2) is 9.97 Å². The van der Waals surface area contributed by atoms with Crippen molar-refractivity contribution in [3.05, 3.63) is 58.6 Å². The van der Waals surface area contributed by atoms with E-state index in [4.69, 9.17) is 16.9 Å². The van der Waals surface area contributed by atoms with Crippen LogP contribution in [0.3, 0.4) is 0 Å². The van der Waals surface area contributed by atoms with E-state index in [1.165, 1.54) is 17.3 Å². The fourth-order valence-electron chi connectivity index (χ4n) is 1.65. The van der Waals surface area contributed by atoms with E-state index in [0.717, 1.165) is 5.56 Å². The van der Waals surface area contributed by atoms with E-state index in [9.17, 15) is 4.79 Å². The van der Waals surface area contributed by atoms with Gasteiger partial charge < -0.3 is 4.90 Å². The molecule has 2 rings (SSSR count). The van der Waals surface area contributed by atoms with Crippen LogP contribution < -0.4 is 0 Å². The van der Waals surface area contributed by atoms with Crippen LogP contribution >= 0.6 is 11.6 Å². The van der Waals surface area contributed by atoms with Crippen molar-refractivity contribution in [1.82, 2.24) is 14.9 Å². The third-order valence-electron chi connectivity index (χ3n) is 2.69. The fraction of sp³-hybridized carbons (Fsp3) is 0.143. The number of aromatic nitrogens is 2. The predicted octanol–water partition coefficient (Wildman–Crippen LogP) is 2.27. The van der Waals surface area contributed by atoms with Gasteiger partial charge in [0.05, 0.1) is 24.0 Å². The number of carbonyl (C=O) groups excluding carboxylic acids is 1. The number of rotatable bonds is 3. The number of nitrogens with zero attached hydrogens (tertiary/aromatic N) is 4. The van der Waals surface area contributed by atoms with Gasteiger partial charge >= 0.3 is 0 Å². The van der Waals surface area contributed by atoms with Crippen LogP contribution in [0.2, 0.25) is 5.15 Å². The maximum absolute atomic E-state index is 12.1. The molecule has 1 heterocycles. The van der Waals surface area contributed by atoms with Crippen LogP contribution in [0, 0.1) is 11.3 Å². The van der Waals surface area contributed by atoms with Gasteiger partial charge in [-0.15, -0.1) is 0 Å². The van der Waals surface area contributed by atoms with Crippen molar-refractivity contribution >= 4 is 17.5 Å². The van der Waals surface area contributed by atoms with Crippen molar-refractivity contribution in [3.63, 3.8) is 0 Å². The van der Waals surface area contributed by atoms with Gasteiger partial charge in [-0.05, 0) is 17.7 Å². The lowest BCUT2D eigenvalue weighted by molar-refractivity contribution is 0.0779. The van der Waals surface area contributed by atoms with E-state index in [1.54, 1.807) is 19.2 Å². The van der Waals surface area contributed by atoms with Crippen LogP contribution in [0.1, 0.15) is 21.6 Å². The molecule has 1 amide bonds. The zero-order chi connectivity index (χ0) is 14.5. The van der Waals surface area contributed by atoms with Crippen LogP contribution in [0.5, 0.6) is 0 Å². The predicted molar refractivity (Wildman–Crippen MR) is 74.0 cm³/mol. The summed E-state index contributed by atoms with van der Waals surface area (Å²) in [5, 5.41) is 8.98. The molecule has 0 aliphatic heterocycles. The molecule has 0 atom stereocenters. The van der Waals surface area contributed by atoms with Crippen LogP contribution in [0.25, 0.3) is 0 Å². The maximum atomic E-state index is 12.1. The standard InChI is InChI=1S/C14H11ClN4O/c1-19(9-11-4-2-10(6-16)3-5-11)14(20)12-7-18-13(15)8-17-12/h2-5,7-8H,9H2,1H3. The lowest BCUT2D eigenvalue weighted by Crippen LogP contribution is -2.27. The number of carbonyl (C=O) groups is 1. The zero-order valence-corrected chi connectivity index (χ0v) is 11.5. The van der Waals surface area contributed by atoms with Crippen molar-refractivity contribution in [3.8, 4) is 6.07 Å². The van der Waals surface area contributed by atoms with Gasteiger partial charge in [-0.1, -0.05) is 23.7 Å². The molecule has 100 valence electrons. The second-order valence-electron chi connectivity index (χ2n) is 4.19. The first-order chi connectivity index (χ1) is 9.60. The summed E-state index contributed by atoms with van der Waals surface area (Å²) in [6, 6.07) is 9.12. The van der Waals surface area contributed by atoms with E-state index < -0.39 is 0 Å².